The molecule has 2 heterocycles. The molecule has 0 bridgehead atoms. The van der Waals surface area contributed by atoms with Gasteiger partial charge in [0.2, 0.25) is 5.91 Å². The number of hydrogen-bond donors (Lipinski definition) is 1. The molecule has 1 aliphatic heterocycles. The number of carbonyl (C=O) groups is 1. The summed E-state index contributed by atoms with van der Waals surface area (Å²) in [5.74, 6) is 1.83. The van der Waals surface area contributed by atoms with Crippen LogP contribution < -0.4 is 0 Å². The fourth-order valence-corrected chi connectivity index (χ4v) is 5.13. The minimum atomic E-state index is -0.600. The Labute approximate surface area is 151 Å². The number of aliphatic hydroxyl groups excluding tert-OH is 1. The predicted octanol–water partition coefficient (Wildman–Crippen LogP) is 3.15. The summed E-state index contributed by atoms with van der Waals surface area (Å²) in [4.78, 5) is 19.4. The molecule has 1 aliphatic carbocycles. The number of amides is 1. The standard InChI is InChI=1S/C20H33N3O2/c1-14-10-16(12-20(2,3)11-14)19(25)23-8-5-6-15(13-23)17(24)18-21-7-9-22(18)4/h7,9,14-17,24H,5-6,8,10-13H2,1-4H3. The highest BCUT2D eigenvalue weighted by atomic mass is 16.3. The molecule has 1 saturated heterocycles. The Balaban J connectivity index is 1.66. The van der Waals surface area contributed by atoms with Gasteiger partial charge in [0, 0.05) is 44.4 Å². The summed E-state index contributed by atoms with van der Waals surface area (Å²) in [7, 11) is 1.91. The molecule has 5 heteroatoms. The van der Waals surface area contributed by atoms with Gasteiger partial charge < -0.3 is 14.6 Å². The van der Waals surface area contributed by atoms with E-state index in [0.29, 0.717) is 24.2 Å². The summed E-state index contributed by atoms with van der Waals surface area (Å²) in [6, 6.07) is 0. The smallest absolute Gasteiger partial charge is 0.225 e. The van der Waals surface area contributed by atoms with E-state index >= 15 is 0 Å². The fraction of sp³-hybridized carbons (Fsp3) is 0.800. The number of carbonyl (C=O) groups excluding carboxylic acids is 1. The minimum absolute atomic E-state index is 0.0767. The van der Waals surface area contributed by atoms with Gasteiger partial charge in [-0.3, -0.25) is 4.79 Å². The molecule has 2 fully saturated rings. The normalized spacial score (nSPS) is 30.9. The Morgan fingerprint density at radius 1 is 1.40 bits per heavy atom. The number of rotatable bonds is 3. The van der Waals surface area contributed by atoms with Crippen molar-refractivity contribution in [3.8, 4) is 0 Å². The van der Waals surface area contributed by atoms with Crippen molar-refractivity contribution in [2.24, 2.45) is 30.2 Å². The molecule has 5 nitrogen and oxygen atoms in total. The largest absolute Gasteiger partial charge is 0.385 e. The van der Waals surface area contributed by atoms with Gasteiger partial charge in [-0.15, -0.1) is 0 Å². The molecule has 1 amide bonds. The second-order valence-electron chi connectivity index (χ2n) is 9.14. The molecular formula is C20H33N3O2. The van der Waals surface area contributed by atoms with Gasteiger partial charge in [0.1, 0.15) is 11.9 Å². The van der Waals surface area contributed by atoms with Crippen LogP contribution in [0.25, 0.3) is 0 Å². The average molecular weight is 348 g/mol. The zero-order valence-corrected chi connectivity index (χ0v) is 16.1. The van der Waals surface area contributed by atoms with Crippen LogP contribution in [0.5, 0.6) is 0 Å². The van der Waals surface area contributed by atoms with Gasteiger partial charge in [0.05, 0.1) is 0 Å². The monoisotopic (exact) mass is 347 g/mol. The van der Waals surface area contributed by atoms with Crippen molar-refractivity contribution in [2.45, 2.75) is 59.0 Å². The molecule has 0 radical (unpaired) electrons. The van der Waals surface area contributed by atoms with E-state index in [9.17, 15) is 9.90 Å². The number of piperidine rings is 1. The van der Waals surface area contributed by atoms with Gasteiger partial charge in [-0.25, -0.2) is 4.98 Å². The van der Waals surface area contributed by atoms with Gasteiger partial charge >= 0.3 is 0 Å². The first kappa shape index (κ1) is 18.4. The van der Waals surface area contributed by atoms with E-state index in [1.807, 2.05) is 22.7 Å². The summed E-state index contributed by atoms with van der Waals surface area (Å²) >= 11 is 0. The van der Waals surface area contributed by atoms with Crippen LogP contribution in [0.3, 0.4) is 0 Å². The first-order valence-corrected chi connectivity index (χ1v) is 9.71. The average Bonchev–Trinajstić information content (AvgIpc) is 2.97. The molecule has 1 aromatic rings. The topological polar surface area (TPSA) is 58.4 Å². The Morgan fingerprint density at radius 2 is 2.16 bits per heavy atom. The van der Waals surface area contributed by atoms with Crippen molar-refractivity contribution in [3.63, 3.8) is 0 Å². The van der Waals surface area contributed by atoms with Crippen molar-refractivity contribution >= 4 is 5.91 Å². The van der Waals surface area contributed by atoms with Crippen molar-refractivity contribution in [2.75, 3.05) is 13.1 Å². The Bertz CT molecular complexity index is 610. The maximum absolute atomic E-state index is 13.1. The maximum Gasteiger partial charge on any atom is 0.225 e. The third-order valence-electron chi connectivity index (χ3n) is 6.08. The summed E-state index contributed by atoms with van der Waals surface area (Å²) in [5, 5.41) is 10.7. The molecule has 4 atom stereocenters. The lowest BCUT2D eigenvalue weighted by atomic mass is 9.67. The van der Waals surface area contributed by atoms with Gasteiger partial charge in [0.25, 0.3) is 0 Å². The van der Waals surface area contributed by atoms with Gasteiger partial charge in [0.15, 0.2) is 0 Å². The summed E-state index contributed by atoms with van der Waals surface area (Å²) in [6.45, 7) is 8.32. The lowest BCUT2D eigenvalue weighted by Crippen LogP contribution is -2.46. The third kappa shape index (κ3) is 4.08. The van der Waals surface area contributed by atoms with Crippen LogP contribution >= 0.6 is 0 Å². The van der Waals surface area contributed by atoms with E-state index in [0.717, 1.165) is 32.2 Å². The number of aliphatic hydroxyl groups is 1. The summed E-state index contributed by atoms with van der Waals surface area (Å²) < 4.78 is 1.87. The Hall–Kier alpha value is -1.36. The highest BCUT2D eigenvalue weighted by molar-refractivity contribution is 5.79. The lowest BCUT2D eigenvalue weighted by molar-refractivity contribution is -0.141. The number of nitrogens with zero attached hydrogens (tertiary/aromatic N) is 3. The zero-order chi connectivity index (χ0) is 18.2. The molecule has 25 heavy (non-hydrogen) atoms. The molecule has 1 saturated carbocycles. The van der Waals surface area contributed by atoms with E-state index in [4.69, 9.17) is 0 Å². The molecule has 0 aromatic carbocycles. The summed E-state index contributed by atoms with van der Waals surface area (Å²) in [6.07, 6.45) is 8.08. The van der Waals surface area contributed by atoms with Crippen LogP contribution in [-0.2, 0) is 11.8 Å². The van der Waals surface area contributed by atoms with Crippen molar-refractivity contribution < 1.29 is 9.90 Å². The second-order valence-corrected chi connectivity index (χ2v) is 9.14. The molecule has 4 unspecified atom stereocenters. The van der Waals surface area contributed by atoms with E-state index in [2.05, 4.69) is 25.8 Å². The number of imidazole rings is 1. The Morgan fingerprint density at radius 3 is 2.80 bits per heavy atom. The van der Waals surface area contributed by atoms with Crippen LogP contribution in [0, 0.1) is 23.2 Å². The molecule has 3 rings (SSSR count). The van der Waals surface area contributed by atoms with Crippen molar-refractivity contribution in [1.82, 2.24) is 14.5 Å². The van der Waals surface area contributed by atoms with Gasteiger partial charge in [-0.05, 0) is 43.4 Å². The van der Waals surface area contributed by atoms with Crippen LogP contribution in [0.2, 0.25) is 0 Å². The number of aromatic nitrogens is 2. The zero-order valence-electron chi connectivity index (χ0n) is 16.1. The van der Waals surface area contributed by atoms with Crippen LogP contribution in [0.4, 0.5) is 0 Å². The van der Waals surface area contributed by atoms with E-state index in [-0.39, 0.29) is 17.3 Å². The summed E-state index contributed by atoms with van der Waals surface area (Å²) in [5.41, 5.74) is 0.250. The van der Waals surface area contributed by atoms with Crippen molar-refractivity contribution in [1.29, 1.82) is 0 Å². The van der Waals surface area contributed by atoms with Gasteiger partial charge in [-0.2, -0.15) is 0 Å². The Kier molecular flexibility index (Phi) is 5.24. The quantitative estimate of drug-likeness (QED) is 0.914. The molecule has 2 aliphatic rings. The second kappa shape index (κ2) is 7.10. The van der Waals surface area contributed by atoms with E-state index in [1.165, 1.54) is 6.42 Å². The van der Waals surface area contributed by atoms with Crippen LogP contribution in [0.1, 0.15) is 64.8 Å². The maximum atomic E-state index is 13.1. The fourth-order valence-electron chi connectivity index (χ4n) is 5.13. The van der Waals surface area contributed by atoms with E-state index in [1.54, 1.807) is 6.20 Å². The van der Waals surface area contributed by atoms with Crippen LogP contribution in [-0.4, -0.2) is 38.6 Å². The third-order valence-corrected chi connectivity index (χ3v) is 6.08. The van der Waals surface area contributed by atoms with Gasteiger partial charge in [-0.1, -0.05) is 20.8 Å². The number of likely N-dealkylation sites (tertiary alicyclic amines) is 1. The first-order valence-electron chi connectivity index (χ1n) is 9.71. The highest BCUT2D eigenvalue weighted by Gasteiger charge is 2.39. The molecule has 1 aromatic heterocycles. The number of aryl methyl sites for hydroxylation is 1. The minimum Gasteiger partial charge on any atom is -0.385 e. The molecule has 140 valence electrons. The van der Waals surface area contributed by atoms with E-state index < -0.39 is 6.10 Å². The first-order chi connectivity index (χ1) is 11.8. The lowest BCUT2D eigenvalue weighted by Gasteiger charge is -2.42. The molecule has 0 spiro atoms. The predicted molar refractivity (Wildman–Crippen MR) is 97.8 cm³/mol. The highest BCUT2D eigenvalue weighted by Crippen LogP contribution is 2.42. The van der Waals surface area contributed by atoms with Crippen molar-refractivity contribution in [3.05, 3.63) is 18.2 Å². The molecule has 1 N–H and O–H groups in total. The number of hydrogen-bond acceptors (Lipinski definition) is 3. The SMILES string of the molecule is CC1CC(C(=O)N2CCCC(C(O)c3nccn3C)C2)CC(C)(C)C1. The molecular weight excluding hydrogens is 314 g/mol. The van der Waals surface area contributed by atoms with Crippen LogP contribution in [0.15, 0.2) is 12.4 Å².